The molecule has 0 radical (unpaired) electrons. The van der Waals surface area contributed by atoms with E-state index in [2.05, 4.69) is 133 Å². The van der Waals surface area contributed by atoms with Crippen LogP contribution in [0.5, 0.6) is 0 Å². The molecule has 0 saturated heterocycles. The summed E-state index contributed by atoms with van der Waals surface area (Å²) in [5.74, 6) is 2.91. The van der Waals surface area contributed by atoms with E-state index in [0.29, 0.717) is 29.7 Å². The van der Waals surface area contributed by atoms with Crippen LogP contribution in [0.1, 0.15) is 115 Å². The number of para-hydroxylation sites is 2. The highest BCUT2D eigenvalue weighted by Crippen LogP contribution is 2.34. The molecule has 3 heteroatoms. The van der Waals surface area contributed by atoms with Crippen LogP contribution >= 0.6 is 0 Å². The summed E-state index contributed by atoms with van der Waals surface area (Å²) in [6.07, 6.45) is 4.58. The summed E-state index contributed by atoms with van der Waals surface area (Å²) < 4.78 is 4.75. The zero-order chi connectivity index (χ0) is 24.4. The van der Waals surface area contributed by atoms with Crippen LogP contribution in [0.4, 0.5) is 5.82 Å². The highest BCUT2D eigenvalue weighted by molar-refractivity contribution is 5.56. The van der Waals surface area contributed by atoms with E-state index in [-0.39, 0.29) is 0 Å². The second kappa shape index (κ2) is 10.2. The zero-order valence-corrected chi connectivity index (χ0v) is 22.4. The molecule has 0 fully saturated rings. The van der Waals surface area contributed by atoms with Gasteiger partial charge in [-0.05, 0) is 37.5 Å². The predicted octanol–water partition coefficient (Wildman–Crippen LogP) is 8.07. The third kappa shape index (κ3) is 5.18. The zero-order valence-electron chi connectivity index (χ0n) is 22.4. The maximum Gasteiger partial charge on any atom is 0.255 e. The van der Waals surface area contributed by atoms with E-state index < -0.39 is 0 Å². The summed E-state index contributed by atoms with van der Waals surface area (Å²) in [6.45, 7) is 22.8. The molecule has 1 heterocycles. The largest absolute Gasteiger partial charge is 0.347 e. The fourth-order valence-electron chi connectivity index (χ4n) is 4.72. The second-order valence-corrected chi connectivity index (χ2v) is 10.9. The van der Waals surface area contributed by atoms with Crippen LogP contribution in [0, 0.1) is 0 Å². The highest BCUT2D eigenvalue weighted by Gasteiger charge is 2.27. The third-order valence-corrected chi connectivity index (χ3v) is 6.38. The summed E-state index contributed by atoms with van der Waals surface area (Å²) >= 11 is 0. The van der Waals surface area contributed by atoms with Gasteiger partial charge in [0.05, 0.1) is 0 Å². The van der Waals surface area contributed by atoms with Crippen molar-refractivity contribution in [2.45, 2.75) is 99.0 Å². The summed E-state index contributed by atoms with van der Waals surface area (Å²) in [6, 6.07) is 13.9. The Labute approximate surface area is 201 Å². The molecule has 3 nitrogen and oxygen atoms in total. The first-order chi connectivity index (χ1) is 15.5. The van der Waals surface area contributed by atoms with Gasteiger partial charge in [-0.3, -0.25) is 0 Å². The SMILES string of the molecule is CC(C)Nc1c[n+](-c2c(C(C)C)cccc2C(C)C)cn1-c1c(C(C)C)cccc1C(C)C. The van der Waals surface area contributed by atoms with Gasteiger partial charge >= 0.3 is 0 Å². The van der Waals surface area contributed by atoms with Crippen LogP contribution in [0.15, 0.2) is 48.9 Å². The van der Waals surface area contributed by atoms with Crippen molar-refractivity contribution in [1.29, 1.82) is 0 Å². The van der Waals surface area contributed by atoms with Gasteiger partial charge in [-0.1, -0.05) is 91.8 Å². The van der Waals surface area contributed by atoms with Gasteiger partial charge in [0.1, 0.15) is 11.4 Å². The summed E-state index contributed by atoms with van der Waals surface area (Å²) in [5.41, 5.74) is 8.19. The predicted molar refractivity (Wildman–Crippen MR) is 142 cm³/mol. The number of nitrogens with zero attached hydrogens (tertiary/aromatic N) is 2. The lowest BCUT2D eigenvalue weighted by atomic mass is 9.92. The number of imidazole rings is 1. The number of benzene rings is 2. The molecule has 0 aliphatic rings. The van der Waals surface area contributed by atoms with E-state index in [0.717, 1.165) is 5.82 Å². The van der Waals surface area contributed by atoms with Crippen molar-refractivity contribution in [2.24, 2.45) is 0 Å². The van der Waals surface area contributed by atoms with Crippen LogP contribution in [0.3, 0.4) is 0 Å². The van der Waals surface area contributed by atoms with Crippen molar-refractivity contribution in [1.82, 2.24) is 4.57 Å². The Kier molecular flexibility index (Phi) is 7.72. The van der Waals surface area contributed by atoms with Gasteiger partial charge in [-0.2, -0.15) is 9.13 Å². The Morgan fingerprint density at radius 2 is 1.06 bits per heavy atom. The van der Waals surface area contributed by atoms with Crippen molar-refractivity contribution >= 4 is 5.82 Å². The van der Waals surface area contributed by atoms with E-state index in [1.807, 2.05) is 0 Å². The first kappa shape index (κ1) is 25.1. The lowest BCUT2D eigenvalue weighted by Gasteiger charge is -2.18. The molecule has 2 aromatic carbocycles. The minimum atomic E-state index is 0.339. The first-order valence-electron chi connectivity index (χ1n) is 12.7. The van der Waals surface area contributed by atoms with E-state index in [9.17, 15) is 0 Å². The number of aromatic nitrogens is 2. The van der Waals surface area contributed by atoms with Crippen LogP contribution in [-0.2, 0) is 0 Å². The molecule has 33 heavy (non-hydrogen) atoms. The molecule has 0 amide bonds. The van der Waals surface area contributed by atoms with Crippen LogP contribution in [-0.4, -0.2) is 10.6 Å². The molecule has 0 spiro atoms. The molecule has 0 aliphatic heterocycles. The van der Waals surface area contributed by atoms with Crippen molar-refractivity contribution in [2.75, 3.05) is 5.32 Å². The average Bonchev–Trinajstić information content (AvgIpc) is 3.14. The molecule has 3 rings (SSSR count). The van der Waals surface area contributed by atoms with Gasteiger partial charge in [-0.15, -0.1) is 0 Å². The molecule has 0 bridgehead atoms. The van der Waals surface area contributed by atoms with Crippen molar-refractivity contribution in [3.8, 4) is 11.4 Å². The second-order valence-electron chi connectivity index (χ2n) is 10.9. The average molecular weight is 447 g/mol. The van der Waals surface area contributed by atoms with Crippen LogP contribution in [0.25, 0.3) is 11.4 Å². The number of anilines is 1. The molecule has 0 saturated carbocycles. The topological polar surface area (TPSA) is 20.8 Å². The van der Waals surface area contributed by atoms with Gasteiger partial charge in [-0.25, -0.2) is 0 Å². The minimum absolute atomic E-state index is 0.339. The smallest absolute Gasteiger partial charge is 0.255 e. The molecule has 1 N–H and O–H groups in total. The Balaban J connectivity index is 2.38. The van der Waals surface area contributed by atoms with Gasteiger partial charge in [0, 0.05) is 28.3 Å². The third-order valence-electron chi connectivity index (χ3n) is 6.38. The number of hydrogen-bond acceptors (Lipinski definition) is 1. The molecular weight excluding hydrogens is 402 g/mol. The quantitative estimate of drug-likeness (QED) is 0.347. The van der Waals surface area contributed by atoms with Crippen molar-refractivity contribution in [3.63, 3.8) is 0 Å². The normalized spacial score (nSPS) is 12.1. The Morgan fingerprint density at radius 1 is 0.636 bits per heavy atom. The minimum Gasteiger partial charge on any atom is -0.347 e. The maximum atomic E-state index is 3.73. The fraction of sp³-hybridized carbons (Fsp3) is 0.500. The van der Waals surface area contributed by atoms with Crippen LogP contribution in [0.2, 0.25) is 0 Å². The van der Waals surface area contributed by atoms with Crippen molar-refractivity contribution in [3.05, 3.63) is 71.2 Å². The summed E-state index contributed by atoms with van der Waals surface area (Å²) in [4.78, 5) is 0. The Bertz CT molecular complexity index is 1030. The number of nitrogens with one attached hydrogen (secondary N) is 1. The van der Waals surface area contributed by atoms with Crippen LogP contribution < -0.4 is 9.88 Å². The van der Waals surface area contributed by atoms with Gasteiger partial charge in [0.2, 0.25) is 5.82 Å². The van der Waals surface area contributed by atoms with E-state index in [4.69, 9.17) is 0 Å². The monoisotopic (exact) mass is 446 g/mol. The van der Waals surface area contributed by atoms with E-state index >= 15 is 0 Å². The molecular formula is C30H44N3+. The fourth-order valence-corrected chi connectivity index (χ4v) is 4.72. The Morgan fingerprint density at radius 3 is 1.45 bits per heavy atom. The summed E-state index contributed by atoms with van der Waals surface area (Å²) in [7, 11) is 0. The standard InChI is InChI=1S/C30H44N3/c1-19(2)24-13-11-14-25(20(3)4)29(24)32-17-28(31-23(9)10)33(18-32)30-26(21(5)6)15-12-16-27(30)22(7)8/h11-23,31H,1-10H3/q+1. The van der Waals surface area contributed by atoms with Gasteiger partial charge in [0.15, 0.2) is 6.20 Å². The molecule has 0 aliphatic carbocycles. The van der Waals surface area contributed by atoms with Gasteiger partial charge < -0.3 is 5.32 Å². The van der Waals surface area contributed by atoms with Crippen molar-refractivity contribution < 1.29 is 4.57 Å². The van der Waals surface area contributed by atoms with Gasteiger partial charge in [0.25, 0.3) is 6.33 Å². The first-order valence-corrected chi connectivity index (χ1v) is 12.7. The Hall–Kier alpha value is -2.55. The highest BCUT2D eigenvalue weighted by atomic mass is 15.2. The van der Waals surface area contributed by atoms with E-state index in [1.54, 1.807) is 0 Å². The maximum absolute atomic E-state index is 3.73. The molecule has 0 atom stereocenters. The number of hydrogen-bond donors (Lipinski definition) is 1. The lowest BCUT2D eigenvalue weighted by Crippen LogP contribution is -2.32. The molecule has 1 aromatic heterocycles. The number of rotatable bonds is 8. The van der Waals surface area contributed by atoms with E-state index in [1.165, 1.54) is 33.6 Å². The molecule has 0 unspecified atom stereocenters. The summed E-state index contributed by atoms with van der Waals surface area (Å²) in [5, 5.41) is 3.73. The molecule has 3 aromatic rings. The lowest BCUT2D eigenvalue weighted by molar-refractivity contribution is -0.595. The molecule has 178 valence electrons.